The molecule has 2 aliphatic rings. The highest BCUT2D eigenvalue weighted by molar-refractivity contribution is 9.10. The molecule has 0 saturated heterocycles. The van der Waals surface area contributed by atoms with Gasteiger partial charge in [-0.2, -0.15) is 0 Å². The number of nitrogens with one attached hydrogen (secondary N) is 1. The van der Waals surface area contributed by atoms with Gasteiger partial charge >= 0.3 is 0 Å². The molecule has 0 amide bonds. The van der Waals surface area contributed by atoms with Crippen LogP contribution in [-0.2, 0) is 6.42 Å². The quantitative estimate of drug-likeness (QED) is 0.152. The van der Waals surface area contributed by atoms with Crippen molar-refractivity contribution < 1.29 is 0 Å². The molecule has 2 aliphatic carbocycles. The van der Waals surface area contributed by atoms with Crippen LogP contribution in [-0.4, -0.2) is 30.7 Å². The van der Waals surface area contributed by atoms with E-state index in [0.29, 0.717) is 17.7 Å². The molecule has 2 atom stereocenters. The molecule has 3 aromatic rings. The van der Waals surface area contributed by atoms with Gasteiger partial charge in [0.05, 0.1) is 0 Å². The number of benzene rings is 3. The third-order valence-corrected chi connectivity index (χ3v) is 9.00. The van der Waals surface area contributed by atoms with E-state index in [0.717, 1.165) is 36.0 Å². The largest absolute Gasteiger partial charge is 0.341 e. The zero-order valence-corrected chi connectivity index (χ0v) is 30.2. The Morgan fingerprint density at radius 2 is 1.77 bits per heavy atom. The summed E-state index contributed by atoms with van der Waals surface area (Å²) in [5, 5.41) is 3.37. The van der Waals surface area contributed by atoms with Crippen LogP contribution in [0, 0.1) is 17.8 Å². The van der Waals surface area contributed by atoms with E-state index in [1.165, 1.54) is 59.3 Å². The second kappa shape index (κ2) is 19.0. The van der Waals surface area contributed by atoms with E-state index < -0.39 is 0 Å². The molecule has 3 nitrogen and oxygen atoms in total. The van der Waals surface area contributed by atoms with Gasteiger partial charge in [0, 0.05) is 41.2 Å². The zero-order chi connectivity index (χ0) is 33.4. The fraction of sp³-hybridized carbons (Fsp3) is 0.326. The maximum absolute atomic E-state index is 4.73. The van der Waals surface area contributed by atoms with Crippen molar-refractivity contribution in [2.75, 3.05) is 25.0 Å². The van der Waals surface area contributed by atoms with Crippen molar-refractivity contribution in [2.45, 2.75) is 65.7 Å². The maximum Gasteiger partial charge on any atom is 0.122 e. The fourth-order valence-electron chi connectivity index (χ4n) is 6.04. The molecule has 0 fully saturated rings. The monoisotopic (exact) mass is 687 g/mol. The first-order chi connectivity index (χ1) is 22.9. The topological polar surface area (TPSA) is 27.6 Å². The van der Waals surface area contributed by atoms with Gasteiger partial charge in [0.2, 0.25) is 0 Å². The smallest absolute Gasteiger partial charge is 0.122 e. The van der Waals surface area contributed by atoms with E-state index in [1.54, 1.807) is 0 Å². The highest BCUT2D eigenvalue weighted by Gasteiger charge is 2.25. The summed E-state index contributed by atoms with van der Waals surface area (Å²) in [5.41, 5.74) is 8.91. The molecule has 4 heteroatoms. The number of anilines is 1. The molecule has 0 heterocycles. The average molecular weight is 689 g/mol. The number of aliphatic imine (C=N–C) groups is 1. The van der Waals surface area contributed by atoms with E-state index in [-0.39, 0.29) is 0 Å². The molecule has 0 bridgehead atoms. The molecule has 0 aliphatic heterocycles. The van der Waals surface area contributed by atoms with Crippen LogP contribution in [0.25, 0.3) is 5.57 Å². The van der Waals surface area contributed by atoms with Crippen LogP contribution < -0.4 is 5.32 Å². The molecule has 47 heavy (non-hydrogen) atoms. The number of hydrogen-bond donors (Lipinski definition) is 1. The number of fused-ring (bicyclic) bond motifs is 1. The SMILES string of the molecule is C=C(/N=C\C1=C(C)c2ccccc2C(c2cccc(Br)c2)C1)Nc1ccc(CCN(CCC)CCC)cc1.CC1C#CC/C=C\C=C/1. The highest BCUT2D eigenvalue weighted by atomic mass is 79.9. The first-order valence-corrected chi connectivity index (χ1v) is 17.8. The minimum atomic E-state index is 0.299. The fourth-order valence-corrected chi connectivity index (χ4v) is 6.45. The van der Waals surface area contributed by atoms with Crippen LogP contribution in [0.3, 0.4) is 0 Å². The lowest BCUT2D eigenvalue weighted by Crippen LogP contribution is -2.27. The minimum Gasteiger partial charge on any atom is -0.341 e. The highest BCUT2D eigenvalue weighted by Crippen LogP contribution is 2.42. The molecular weight excluding hydrogens is 638 g/mol. The number of allylic oxidation sites excluding steroid dienone is 6. The van der Waals surface area contributed by atoms with Gasteiger partial charge in [0.25, 0.3) is 0 Å². The molecule has 244 valence electrons. The van der Waals surface area contributed by atoms with Crippen LogP contribution in [0.2, 0.25) is 0 Å². The van der Waals surface area contributed by atoms with Gasteiger partial charge in [-0.25, -0.2) is 4.99 Å². The van der Waals surface area contributed by atoms with Crippen LogP contribution in [0.1, 0.15) is 81.5 Å². The number of halogens is 1. The lowest BCUT2D eigenvalue weighted by molar-refractivity contribution is 0.278. The van der Waals surface area contributed by atoms with Crippen molar-refractivity contribution in [3.8, 4) is 11.8 Å². The molecule has 0 radical (unpaired) electrons. The Hall–Kier alpha value is -3.91. The average Bonchev–Trinajstić information content (AvgIpc) is 3.06. The molecule has 2 unspecified atom stereocenters. The van der Waals surface area contributed by atoms with Crippen molar-refractivity contribution in [1.29, 1.82) is 0 Å². The normalized spacial score (nSPS) is 18.3. The summed E-state index contributed by atoms with van der Waals surface area (Å²) in [5.74, 6) is 7.52. The standard InChI is InChI=1S/C34H40BrN3.C9H10/c1-5-19-38(20-6-2)21-18-27-14-16-31(17-15-27)37-26(4)36-24-29-23-34(28-10-9-11-30(35)22-28)33-13-8-7-12-32(33)25(29)3;1-9-7-5-3-2-4-6-8-9/h7-17,22,24,34,37H,4-6,18-21,23H2,1-3H3;2-3,5,7,9H,4H2,1H3/b36-24-;3-2-,7-5-. The summed E-state index contributed by atoms with van der Waals surface area (Å²) in [6.45, 7) is 16.5. The Balaban J connectivity index is 0.000000479. The minimum absolute atomic E-state index is 0.299. The van der Waals surface area contributed by atoms with Gasteiger partial charge in [-0.15, -0.1) is 0 Å². The second-order valence-corrected chi connectivity index (χ2v) is 13.2. The van der Waals surface area contributed by atoms with Gasteiger partial charge in [0.15, 0.2) is 0 Å². The number of hydrogen-bond acceptors (Lipinski definition) is 3. The predicted octanol–water partition coefficient (Wildman–Crippen LogP) is 11.2. The summed E-state index contributed by atoms with van der Waals surface area (Å²) in [6.07, 6.45) is 15.6. The third-order valence-electron chi connectivity index (χ3n) is 8.51. The lowest BCUT2D eigenvalue weighted by Gasteiger charge is -2.28. The van der Waals surface area contributed by atoms with Crippen molar-refractivity contribution in [3.05, 3.63) is 142 Å². The van der Waals surface area contributed by atoms with Gasteiger partial charge in [0.1, 0.15) is 5.82 Å². The molecule has 0 spiro atoms. The van der Waals surface area contributed by atoms with Crippen molar-refractivity contribution in [2.24, 2.45) is 10.9 Å². The Morgan fingerprint density at radius 3 is 2.51 bits per heavy atom. The summed E-state index contributed by atoms with van der Waals surface area (Å²) in [7, 11) is 0. The molecule has 0 aromatic heterocycles. The second-order valence-electron chi connectivity index (χ2n) is 12.3. The Labute approximate surface area is 292 Å². The molecular formula is C43H50BrN3. The van der Waals surface area contributed by atoms with Crippen LogP contribution >= 0.6 is 15.9 Å². The number of nitrogens with zero attached hydrogens (tertiary/aromatic N) is 2. The van der Waals surface area contributed by atoms with E-state index in [4.69, 9.17) is 4.99 Å². The van der Waals surface area contributed by atoms with Crippen molar-refractivity contribution in [1.82, 2.24) is 4.90 Å². The van der Waals surface area contributed by atoms with Gasteiger partial charge < -0.3 is 10.2 Å². The lowest BCUT2D eigenvalue weighted by atomic mass is 9.76. The first kappa shape index (κ1) is 35.9. The third kappa shape index (κ3) is 11.4. The zero-order valence-electron chi connectivity index (χ0n) is 28.6. The Morgan fingerprint density at radius 1 is 1.00 bits per heavy atom. The van der Waals surface area contributed by atoms with Gasteiger partial charge in [-0.3, -0.25) is 0 Å². The molecule has 5 rings (SSSR count). The van der Waals surface area contributed by atoms with E-state index in [1.807, 2.05) is 12.3 Å². The van der Waals surface area contributed by atoms with E-state index in [9.17, 15) is 0 Å². The summed E-state index contributed by atoms with van der Waals surface area (Å²) < 4.78 is 1.11. The predicted molar refractivity (Wildman–Crippen MR) is 208 cm³/mol. The molecule has 0 saturated carbocycles. The molecule has 1 N–H and O–H groups in total. The molecule has 3 aromatic carbocycles. The van der Waals surface area contributed by atoms with Crippen LogP contribution in [0.4, 0.5) is 5.69 Å². The van der Waals surface area contributed by atoms with Crippen LogP contribution in [0.15, 0.2) is 125 Å². The summed E-state index contributed by atoms with van der Waals surface area (Å²) in [4.78, 5) is 7.29. The maximum atomic E-state index is 4.73. The Kier molecular flexibility index (Phi) is 14.6. The van der Waals surface area contributed by atoms with Crippen LogP contribution in [0.5, 0.6) is 0 Å². The van der Waals surface area contributed by atoms with Gasteiger partial charge in [-0.1, -0.05) is 121 Å². The van der Waals surface area contributed by atoms with Crippen molar-refractivity contribution in [3.63, 3.8) is 0 Å². The first-order valence-electron chi connectivity index (χ1n) is 17.0. The summed E-state index contributed by atoms with van der Waals surface area (Å²) >= 11 is 3.65. The Bertz CT molecular complexity index is 1640. The summed E-state index contributed by atoms with van der Waals surface area (Å²) in [6, 6.07) is 26.1. The van der Waals surface area contributed by atoms with Gasteiger partial charge in [-0.05, 0) is 110 Å². The van der Waals surface area contributed by atoms with E-state index >= 15 is 0 Å². The van der Waals surface area contributed by atoms with E-state index in [2.05, 4.69) is 163 Å². The number of rotatable bonds is 12. The van der Waals surface area contributed by atoms with Crippen molar-refractivity contribution >= 4 is 33.4 Å².